The summed E-state index contributed by atoms with van der Waals surface area (Å²) in [5.74, 6) is -5.70. The van der Waals surface area contributed by atoms with Gasteiger partial charge < -0.3 is 9.47 Å². The van der Waals surface area contributed by atoms with Gasteiger partial charge in [0, 0.05) is 16.9 Å². The molecule has 172 valence electrons. The Morgan fingerprint density at radius 1 is 1.06 bits per heavy atom. The fraction of sp³-hybridized carbons (Fsp3) is 0.625. The summed E-state index contributed by atoms with van der Waals surface area (Å²) in [7, 11) is 2.54. The molecule has 0 aromatic rings. The SMILES string of the molecule is CCC1(CC)C(=O)C2=C3[C@@H](CC(C(=O)OC)=C[C@@H](C(=O)OC)[C@H]31)[C@H]1C(=O)NC(=O)[C@H]1[C@H]2C. The van der Waals surface area contributed by atoms with Gasteiger partial charge in [-0.3, -0.25) is 24.5 Å². The molecule has 0 unspecified atom stereocenters. The van der Waals surface area contributed by atoms with E-state index in [9.17, 15) is 24.0 Å². The van der Waals surface area contributed by atoms with Crippen molar-refractivity contribution in [1.82, 2.24) is 5.32 Å². The van der Waals surface area contributed by atoms with Gasteiger partial charge in [-0.1, -0.05) is 32.4 Å². The first-order valence-corrected chi connectivity index (χ1v) is 11.2. The first-order chi connectivity index (χ1) is 15.2. The first-order valence-electron chi connectivity index (χ1n) is 11.2. The van der Waals surface area contributed by atoms with Crippen LogP contribution in [0.25, 0.3) is 0 Å². The summed E-state index contributed by atoms with van der Waals surface area (Å²) in [5, 5.41) is 2.43. The lowest BCUT2D eigenvalue weighted by atomic mass is 9.61. The van der Waals surface area contributed by atoms with E-state index in [2.05, 4.69) is 5.32 Å². The van der Waals surface area contributed by atoms with Crippen molar-refractivity contribution in [2.24, 2.45) is 40.9 Å². The van der Waals surface area contributed by atoms with Crippen molar-refractivity contribution in [1.29, 1.82) is 0 Å². The maximum absolute atomic E-state index is 14.0. The van der Waals surface area contributed by atoms with E-state index in [0.717, 1.165) is 5.57 Å². The van der Waals surface area contributed by atoms with Crippen molar-refractivity contribution >= 4 is 29.5 Å². The van der Waals surface area contributed by atoms with Gasteiger partial charge in [-0.2, -0.15) is 0 Å². The third-order valence-electron chi connectivity index (χ3n) is 8.37. The number of carbonyl (C=O) groups is 5. The zero-order valence-electron chi connectivity index (χ0n) is 19.0. The molecule has 0 saturated carbocycles. The van der Waals surface area contributed by atoms with E-state index in [1.807, 2.05) is 20.8 Å². The Morgan fingerprint density at radius 2 is 1.69 bits per heavy atom. The number of methoxy groups -OCH3 is 2. The van der Waals surface area contributed by atoms with Gasteiger partial charge >= 0.3 is 11.9 Å². The molecule has 3 aliphatic carbocycles. The van der Waals surface area contributed by atoms with E-state index in [-0.39, 0.29) is 29.6 Å². The summed E-state index contributed by atoms with van der Waals surface area (Å²) in [4.78, 5) is 65.2. The van der Waals surface area contributed by atoms with Crippen LogP contribution >= 0.6 is 0 Å². The molecule has 6 atom stereocenters. The third kappa shape index (κ3) is 2.70. The van der Waals surface area contributed by atoms with Crippen molar-refractivity contribution in [2.45, 2.75) is 40.0 Å². The molecular formula is C24H29NO7. The lowest BCUT2D eigenvalue weighted by molar-refractivity contribution is -0.147. The number of Topliss-reactive ketones (excluding diaryl/α,β-unsaturated/α-hetero) is 1. The van der Waals surface area contributed by atoms with E-state index >= 15 is 0 Å². The fourth-order valence-electron chi connectivity index (χ4n) is 6.89. The second-order valence-corrected chi connectivity index (χ2v) is 9.28. The summed E-state index contributed by atoms with van der Waals surface area (Å²) in [5.41, 5.74) is 0.713. The molecule has 4 rings (SSSR count). The van der Waals surface area contributed by atoms with Gasteiger partial charge in [0.05, 0.1) is 32.0 Å². The normalized spacial score (nSPS) is 34.9. The Hall–Kier alpha value is -2.77. The fourth-order valence-corrected chi connectivity index (χ4v) is 6.89. The summed E-state index contributed by atoms with van der Waals surface area (Å²) in [6.45, 7) is 5.65. The Balaban J connectivity index is 2.03. The highest BCUT2D eigenvalue weighted by molar-refractivity contribution is 6.11. The van der Waals surface area contributed by atoms with Crippen LogP contribution in [0.4, 0.5) is 0 Å². The second-order valence-electron chi connectivity index (χ2n) is 9.28. The predicted molar refractivity (Wildman–Crippen MR) is 112 cm³/mol. The van der Waals surface area contributed by atoms with Crippen LogP contribution in [0.15, 0.2) is 22.8 Å². The number of hydrogen-bond acceptors (Lipinski definition) is 7. The van der Waals surface area contributed by atoms with Gasteiger partial charge in [0.25, 0.3) is 0 Å². The third-order valence-corrected chi connectivity index (χ3v) is 8.37. The van der Waals surface area contributed by atoms with Crippen molar-refractivity contribution in [3.05, 3.63) is 22.8 Å². The number of imide groups is 1. The average molecular weight is 443 g/mol. The number of ether oxygens (including phenoxy) is 2. The number of nitrogens with one attached hydrogen (secondary N) is 1. The summed E-state index contributed by atoms with van der Waals surface area (Å²) >= 11 is 0. The number of ketones is 1. The topological polar surface area (TPSA) is 116 Å². The van der Waals surface area contributed by atoms with Gasteiger partial charge in [0.1, 0.15) is 0 Å². The maximum Gasteiger partial charge on any atom is 0.333 e. The van der Waals surface area contributed by atoms with Crippen molar-refractivity contribution in [3.63, 3.8) is 0 Å². The highest BCUT2D eigenvalue weighted by atomic mass is 16.5. The van der Waals surface area contributed by atoms with Crippen molar-refractivity contribution in [3.8, 4) is 0 Å². The molecule has 1 aliphatic heterocycles. The van der Waals surface area contributed by atoms with Crippen molar-refractivity contribution < 1.29 is 33.4 Å². The second kappa shape index (κ2) is 7.67. The van der Waals surface area contributed by atoms with E-state index in [0.29, 0.717) is 18.4 Å². The minimum absolute atomic E-state index is 0.0468. The van der Waals surface area contributed by atoms with Crippen molar-refractivity contribution in [2.75, 3.05) is 14.2 Å². The van der Waals surface area contributed by atoms with Gasteiger partial charge in [-0.15, -0.1) is 0 Å². The molecule has 0 radical (unpaired) electrons. The quantitative estimate of drug-likeness (QED) is 0.520. The maximum atomic E-state index is 14.0. The Morgan fingerprint density at radius 3 is 2.25 bits per heavy atom. The van der Waals surface area contributed by atoms with E-state index in [1.54, 1.807) is 6.08 Å². The van der Waals surface area contributed by atoms with Crippen LogP contribution in [0.1, 0.15) is 40.0 Å². The number of fused-ring (bicyclic) bond motifs is 2. The molecule has 0 bridgehead atoms. The highest BCUT2D eigenvalue weighted by Gasteiger charge is 2.65. The van der Waals surface area contributed by atoms with Gasteiger partial charge in [-0.25, -0.2) is 4.79 Å². The van der Waals surface area contributed by atoms with Crippen LogP contribution in [-0.2, 0) is 33.4 Å². The smallest absolute Gasteiger partial charge is 0.333 e. The monoisotopic (exact) mass is 443 g/mol. The Labute approximate surface area is 186 Å². The zero-order valence-corrected chi connectivity index (χ0v) is 19.0. The highest BCUT2D eigenvalue weighted by Crippen LogP contribution is 2.63. The molecule has 1 fully saturated rings. The molecule has 1 heterocycles. The van der Waals surface area contributed by atoms with Crippen LogP contribution < -0.4 is 5.32 Å². The van der Waals surface area contributed by atoms with Crippen LogP contribution in [-0.4, -0.2) is 43.8 Å². The average Bonchev–Trinajstić information content (AvgIpc) is 3.15. The summed E-state index contributed by atoms with van der Waals surface area (Å²) in [6, 6.07) is 0. The molecular weight excluding hydrogens is 414 g/mol. The molecule has 0 aromatic heterocycles. The Kier molecular flexibility index (Phi) is 5.38. The molecule has 0 aromatic carbocycles. The van der Waals surface area contributed by atoms with Gasteiger partial charge in [0.15, 0.2) is 5.78 Å². The summed E-state index contributed by atoms with van der Waals surface area (Å²) < 4.78 is 10.1. The van der Waals surface area contributed by atoms with E-state index in [4.69, 9.17) is 9.47 Å². The molecule has 4 aliphatic rings. The zero-order chi connectivity index (χ0) is 23.5. The van der Waals surface area contributed by atoms with Gasteiger partial charge in [-0.05, 0) is 36.7 Å². The Bertz CT molecular complexity index is 986. The minimum atomic E-state index is -0.865. The number of allylic oxidation sites excluding steroid dienone is 2. The molecule has 32 heavy (non-hydrogen) atoms. The number of amides is 2. The van der Waals surface area contributed by atoms with Crippen LogP contribution in [0.3, 0.4) is 0 Å². The van der Waals surface area contributed by atoms with Gasteiger partial charge in [0.2, 0.25) is 11.8 Å². The number of hydrogen-bond donors (Lipinski definition) is 1. The first kappa shape index (κ1) is 22.4. The van der Waals surface area contributed by atoms with Crippen LogP contribution in [0, 0.1) is 40.9 Å². The largest absolute Gasteiger partial charge is 0.469 e. The molecule has 1 saturated heterocycles. The summed E-state index contributed by atoms with van der Waals surface area (Å²) in [6.07, 6.45) is 2.67. The number of carbonyl (C=O) groups excluding carboxylic acids is 5. The number of esters is 2. The van der Waals surface area contributed by atoms with E-state index < -0.39 is 52.9 Å². The standard InChI is InChI=1S/C24H29NO7/c1-6-24(7-2)18-13(23(30)32-5)9-11(22(29)31-4)8-12-16(18)14(19(24)26)10(3)15-17(12)21(28)25-20(15)27/h9-10,12-13,15,17-18H,6-8H2,1-5H3,(H,25,27,28)/t10-,12+,13+,15-,17+,18+/m0/s1. The predicted octanol–water partition coefficient (Wildman–Crippen LogP) is 1.74. The van der Waals surface area contributed by atoms with Crippen LogP contribution in [0.2, 0.25) is 0 Å². The molecule has 2 amide bonds. The minimum Gasteiger partial charge on any atom is -0.469 e. The van der Waals surface area contributed by atoms with Crippen LogP contribution in [0.5, 0.6) is 0 Å². The molecule has 8 nitrogen and oxygen atoms in total. The molecule has 0 spiro atoms. The number of rotatable bonds is 4. The lowest BCUT2D eigenvalue weighted by Gasteiger charge is -2.39. The lowest BCUT2D eigenvalue weighted by Crippen LogP contribution is -2.41. The molecule has 8 heteroatoms. The van der Waals surface area contributed by atoms with E-state index in [1.165, 1.54) is 14.2 Å². The molecule has 1 N–H and O–H groups in total.